The predicted molar refractivity (Wildman–Crippen MR) is 82.0 cm³/mol. The van der Waals surface area contributed by atoms with E-state index in [1.165, 1.54) is 10.4 Å². The van der Waals surface area contributed by atoms with Crippen LogP contribution >= 0.6 is 22.9 Å². The van der Waals surface area contributed by atoms with Crippen molar-refractivity contribution in [2.45, 2.75) is 46.3 Å². The molecule has 2 aromatic heterocycles. The first-order valence-corrected chi connectivity index (χ1v) is 7.55. The third-order valence-electron chi connectivity index (χ3n) is 2.80. The van der Waals surface area contributed by atoms with E-state index >= 15 is 0 Å². The van der Waals surface area contributed by atoms with Crippen LogP contribution in [0.4, 0.5) is 0 Å². The average molecular weight is 298 g/mol. The molecule has 0 aromatic carbocycles. The van der Waals surface area contributed by atoms with E-state index in [0.29, 0.717) is 0 Å². The first kappa shape index (κ1) is 14.6. The third-order valence-corrected chi connectivity index (χ3v) is 4.02. The van der Waals surface area contributed by atoms with Gasteiger partial charge < -0.3 is 5.32 Å². The molecule has 0 saturated heterocycles. The van der Waals surface area contributed by atoms with Crippen molar-refractivity contribution in [2.24, 2.45) is 0 Å². The molecule has 0 aliphatic carbocycles. The van der Waals surface area contributed by atoms with Gasteiger partial charge in [-0.2, -0.15) is 5.10 Å². The Balaban J connectivity index is 2.04. The Morgan fingerprint density at radius 3 is 2.68 bits per heavy atom. The largest absolute Gasteiger partial charge is 0.308 e. The predicted octanol–water partition coefficient (Wildman–Crippen LogP) is 3.84. The van der Waals surface area contributed by atoms with Crippen LogP contribution in [-0.2, 0) is 13.1 Å². The number of aromatic nitrogens is 2. The second-order valence-corrected chi connectivity index (χ2v) is 7.55. The zero-order valence-corrected chi connectivity index (χ0v) is 13.4. The van der Waals surface area contributed by atoms with E-state index in [-0.39, 0.29) is 5.54 Å². The SMILES string of the molecule is Cc1nn(Cc2ccc(Cl)s2)cc1CNC(C)(C)C. The highest BCUT2D eigenvalue weighted by molar-refractivity contribution is 7.16. The molecule has 1 N–H and O–H groups in total. The first-order valence-electron chi connectivity index (χ1n) is 6.36. The van der Waals surface area contributed by atoms with Gasteiger partial charge in [-0.1, -0.05) is 11.6 Å². The molecule has 0 bridgehead atoms. The van der Waals surface area contributed by atoms with Crippen molar-refractivity contribution < 1.29 is 0 Å². The lowest BCUT2D eigenvalue weighted by Crippen LogP contribution is -2.35. The summed E-state index contributed by atoms with van der Waals surface area (Å²) in [5.41, 5.74) is 2.45. The maximum absolute atomic E-state index is 5.94. The summed E-state index contributed by atoms with van der Waals surface area (Å²) in [5, 5.41) is 8.04. The smallest absolute Gasteiger partial charge is 0.0931 e. The summed E-state index contributed by atoms with van der Waals surface area (Å²) in [5.74, 6) is 0. The van der Waals surface area contributed by atoms with Crippen LogP contribution in [0, 0.1) is 6.92 Å². The van der Waals surface area contributed by atoms with E-state index in [1.54, 1.807) is 11.3 Å². The number of aryl methyl sites for hydroxylation is 1. The molecule has 0 saturated carbocycles. The van der Waals surface area contributed by atoms with Gasteiger partial charge in [0.2, 0.25) is 0 Å². The highest BCUT2D eigenvalue weighted by atomic mass is 35.5. The van der Waals surface area contributed by atoms with E-state index in [0.717, 1.165) is 23.1 Å². The minimum atomic E-state index is 0.121. The summed E-state index contributed by atoms with van der Waals surface area (Å²) in [6, 6.07) is 3.98. The molecule has 0 fully saturated rings. The fourth-order valence-electron chi connectivity index (χ4n) is 1.77. The molecule has 0 atom stereocenters. The van der Waals surface area contributed by atoms with E-state index in [1.807, 2.05) is 10.7 Å². The van der Waals surface area contributed by atoms with Crippen LogP contribution in [-0.4, -0.2) is 15.3 Å². The first-order chi connectivity index (χ1) is 8.83. The lowest BCUT2D eigenvalue weighted by atomic mass is 10.1. The Labute approximate surface area is 123 Å². The quantitative estimate of drug-likeness (QED) is 0.929. The molecule has 0 aliphatic heterocycles. The monoisotopic (exact) mass is 297 g/mol. The van der Waals surface area contributed by atoms with Crippen LogP contribution in [0.3, 0.4) is 0 Å². The fourth-order valence-corrected chi connectivity index (χ4v) is 2.85. The van der Waals surface area contributed by atoms with E-state index in [4.69, 9.17) is 11.6 Å². The highest BCUT2D eigenvalue weighted by Gasteiger charge is 2.11. The molecular formula is C14H20ClN3S. The molecular weight excluding hydrogens is 278 g/mol. The van der Waals surface area contributed by atoms with E-state index in [9.17, 15) is 0 Å². The Kier molecular flexibility index (Phi) is 4.33. The van der Waals surface area contributed by atoms with Crippen molar-refractivity contribution in [3.63, 3.8) is 0 Å². The van der Waals surface area contributed by atoms with Gasteiger partial charge >= 0.3 is 0 Å². The van der Waals surface area contributed by atoms with Gasteiger partial charge in [-0.3, -0.25) is 4.68 Å². The summed E-state index contributed by atoms with van der Waals surface area (Å²) < 4.78 is 2.81. The number of nitrogens with one attached hydrogen (secondary N) is 1. The van der Waals surface area contributed by atoms with Crippen LogP contribution in [0.15, 0.2) is 18.3 Å². The number of halogens is 1. The Bertz CT molecular complexity index is 551. The van der Waals surface area contributed by atoms with Crippen LogP contribution in [0.2, 0.25) is 4.34 Å². The second kappa shape index (κ2) is 5.65. The molecule has 2 rings (SSSR count). The maximum Gasteiger partial charge on any atom is 0.0931 e. The minimum Gasteiger partial charge on any atom is -0.308 e. The van der Waals surface area contributed by atoms with Crippen molar-refractivity contribution in [3.8, 4) is 0 Å². The van der Waals surface area contributed by atoms with Crippen molar-refractivity contribution >= 4 is 22.9 Å². The van der Waals surface area contributed by atoms with Crippen LogP contribution in [0.25, 0.3) is 0 Å². The molecule has 0 unspecified atom stereocenters. The van der Waals surface area contributed by atoms with Crippen LogP contribution in [0.1, 0.15) is 36.9 Å². The lowest BCUT2D eigenvalue weighted by Gasteiger charge is -2.20. The molecule has 5 heteroatoms. The van der Waals surface area contributed by atoms with Gasteiger partial charge in [-0.15, -0.1) is 11.3 Å². The van der Waals surface area contributed by atoms with Crippen LogP contribution < -0.4 is 5.32 Å². The van der Waals surface area contributed by atoms with Crippen molar-refractivity contribution in [2.75, 3.05) is 0 Å². The molecule has 19 heavy (non-hydrogen) atoms. The minimum absolute atomic E-state index is 0.121. The Morgan fingerprint density at radius 1 is 1.37 bits per heavy atom. The third kappa shape index (κ3) is 4.34. The van der Waals surface area contributed by atoms with Gasteiger partial charge in [0.15, 0.2) is 0 Å². The molecule has 0 aliphatic rings. The van der Waals surface area contributed by atoms with Gasteiger partial charge in [0.1, 0.15) is 0 Å². The number of hydrogen-bond donors (Lipinski definition) is 1. The van der Waals surface area contributed by atoms with E-state index in [2.05, 4.69) is 50.4 Å². The van der Waals surface area contributed by atoms with Gasteiger partial charge in [0.25, 0.3) is 0 Å². The van der Waals surface area contributed by atoms with E-state index < -0.39 is 0 Å². The normalized spacial score (nSPS) is 12.1. The van der Waals surface area contributed by atoms with Gasteiger partial charge in [0.05, 0.1) is 16.6 Å². The number of hydrogen-bond acceptors (Lipinski definition) is 3. The van der Waals surface area contributed by atoms with Crippen LogP contribution in [0.5, 0.6) is 0 Å². The topological polar surface area (TPSA) is 29.9 Å². The fraction of sp³-hybridized carbons (Fsp3) is 0.500. The zero-order chi connectivity index (χ0) is 14.0. The van der Waals surface area contributed by atoms with Gasteiger partial charge in [-0.25, -0.2) is 0 Å². The summed E-state index contributed by atoms with van der Waals surface area (Å²) in [6.07, 6.45) is 2.11. The molecule has 2 aromatic rings. The lowest BCUT2D eigenvalue weighted by molar-refractivity contribution is 0.423. The standard InChI is InChI=1S/C14H20ClN3S/c1-10-11(7-16-14(2,3)4)8-18(17-10)9-12-5-6-13(15)19-12/h5-6,8,16H,7,9H2,1-4H3. The van der Waals surface area contributed by atoms with Gasteiger partial charge in [0, 0.05) is 28.7 Å². The molecule has 0 spiro atoms. The Hall–Kier alpha value is -0.840. The summed E-state index contributed by atoms with van der Waals surface area (Å²) >= 11 is 7.55. The molecule has 3 nitrogen and oxygen atoms in total. The molecule has 0 amide bonds. The average Bonchev–Trinajstić information content (AvgIpc) is 2.82. The summed E-state index contributed by atoms with van der Waals surface area (Å²) in [6.45, 7) is 10.2. The van der Waals surface area contributed by atoms with Gasteiger partial charge in [-0.05, 0) is 39.8 Å². The number of nitrogens with zero attached hydrogens (tertiary/aromatic N) is 2. The summed E-state index contributed by atoms with van der Waals surface area (Å²) in [7, 11) is 0. The molecule has 2 heterocycles. The molecule has 104 valence electrons. The molecule has 0 radical (unpaired) electrons. The Morgan fingerprint density at radius 2 is 2.11 bits per heavy atom. The number of rotatable bonds is 4. The zero-order valence-electron chi connectivity index (χ0n) is 11.8. The van der Waals surface area contributed by atoms with Crippen molar-refractivity contribution in [1.82, 2.24) is 15.1 Å². The summed E-state index contributed by atoms with van der Waals surface area (Å²) in [4.78, 5) is 1.22. The van der Waals surface area contributed by atoms with Crippen molar-refractivity contribution in [3.05, 3.63) is 38.8 Å². The second-order valence-electron chi connectivity index (χ2n) is 5.75. The number of thiophene rings is 1. The maximum atomic E-state index is 5.94. The van der Waals surface area contributed by atoms with Crippen molar-refractivity contribution in [1.29, 1.82) is 0 Å². The highest BCUT2D eigenvalue weighted by Crippen LogP contribution is 2.22.